The molecule has 0 aliphatic carbocycles. The lowest BCUT2D eigenvalue weighted by atomic mass is 9.94. The molecule has 1 aliphatic rings. The van der Waals surface area contributed by atoms with E-state index in [9.17, 15) is 0 Å². The van der Waals surface area contributed by atoms with E-state index in [0.29, 0.717) is 0 Å². The van der Waals surface area contributed by atoms with Crippen molar-refractivity contribution in [1.29, 1.82) is 0 Å². The quantitative estimate of drug-likeness (QED) is 0.696. The number of hydrogen-bond acceptors (Lipinski definition) is 2. The fourth-order valence-corrected chi connectivity index (χ4v) is 2.86. The van der Waals surface area contributed by atoms with Crippen molar-refractivity contribution in [3.8, 4) is 0 Å². The molecule has 0 bridgehead atoms. The minimum atomic E-state index is 0.178. The number of hydrogen-bond donors (Lipinski definition) is 2. The predicted molar refractivity (Wildman–Crippen MR) is 76.1 cm³/mol. The van der Waals surface area contributed by atoms with Crippen LogP contribution < -0.4 is 5.32 Å². The van der Waals surface area contributed by atoms with Crippen LogP contribution in [0.2, 0.25) is 0 Å². The first kappa shape index (κ1) is 10.8. The average molecular weight is 249 g/mol. The van der Waals surface area contributed by atoms with Gasteiger partial charge in [0.05, 0.1) is 17.1 Å². The van der Waals surface area contributed by atoms with Gasteiger partial charge in [-0.05, 0) is 29.7 Å². The number of fused-ring (bicyclic) bond motifs is 2. The highest BCUT2D eigenvalue weighted by Crippen LogP contribution is 2.28. The topological polar surface area (TPSA) is 40.7 Å². The molecule has 0 fully saturated rings. The first-order chi connectivity index (χ1) is 9.42. The van der Waals surface area contributed by atoms with Gasteiger partial charge in [-0.15, -0.1) is 0 Å². The summed E-state index contributed by atoms with van der Waals surface area (Å²) in [5, 5.41) is 3.56. The molecule has 0 radical (unpaired) electrons. The van der Waals surface area contributed by atoms with Crippen molar-refractivity contribution in [2.24, 2.45) is 0 Å². The summed E-state index contributed by atoms with van der Waals surface area (Å²) < 4.78 is 0. The van der Waals surface area contributed by atoms with Crippen molar-refractivity contribution in [2.45, 2.75) is 12.5 Å². The third kappa shape index (κ3) is 1.74. The predicted octanol–water partition coefficient (Wildman–Crippen LogP) is 2.80. The van der Waals surface area contributed by atoms with E-state index < -0.39 is 0 Å². The Labute approximate surface area is 111 Å². The van der Waals surface area contributed by atoms with Crippen LogP contribution in [-0.4, -0.2) is 16.5 Å². The molecule has 1 atom stereocenters. The molecule has 0 spiro atoms. The molecule has 3 heteroatoms. The maximum Gasteiger partial charge on any atom is 0.129 e. The summed E-state index contributed by atoms with van der Waals surface area (Å²) in [6, 6.07) is 17.0. The Kier molecular flexibility index (Phi) is 2.38. The molecule has 19 heavy (non-hydrogen) atoms. The van der Waals surface area contributed by atoms with Gasteiger partial charge in [-0.3, -0.25) is 0 Å². The highest BCUT2D eigenvalue weighted by molar-refractivity contribution is 5.75. The monoisotopic (exact) mass is 249 g/mol. The van der Waals surface area contributed by atoms with Gasteiger partial charge in [-0.25, -0.2) is 4.98 Å². The molecule has 1 aromatic heterocycles. The van der Waals surface area contributed by atoms with Gasteiger partial charge < -0.3 is 10.3 Å². The van der Waals surface area contributed by atoms with Gasteiger partial charge in [-0.2, -0.15) is 0 Å². The van der Waals surface area contributed by atoms with Gasteiger partial charge in [0.25, 0.3) is 0 Å². The highest BCUT2D eigenvalue weighted by Gasteiger charge is 2.23. The van der Waals surface area contributed by atoms with E-state index in [1.165, 1.54) is 11.1 Å². The van der Waals surface area contributed by atoms with Gasteiger partial charge in [-0.1, -0.05) is 36.4 Å². The van der Waals surface area contributed by atoms with Crippen LogP contribution in [0.3, 0.4) is 0 Å². The van der Waals surface area contributed by atoms with E-state index in [4.69, 9.17) is 4.98 Å². The summed E-state index contributed by atoms with van der Waals surface area (Å²) in [5.41, 5.74) is 4.89. The molecule has 3 aromatic rings. The highest BCUT2D eigenvalue weighted by atomic mass is 15.0. The minimum absolute atomic E-state index is 0.178. The van der Waals surface area contributed by atoms with Gasteiger partial charge in [0, 0.05) is 6.54 Å². The van der Waals surface area contributed by atoms with E-state index in [0.717, 1.165) is 29.8 Å². The summed E-state index contributed by atoms with van der Waals surface area (Å²) in [5.74, 6) is 1.01. The largest absolute Gasteiger partial charge is 0.340 e. The average Bonchev–Trinajstić information content (AvgIpc) is 2.90. The lowest BCUT2D eigenvalue weighted by Gasteiger charge is -2.25. The first-order valence-corrected chi connectivity index (χ1v) is 6.68. The number of aromatic amines is 1. The number of nitrogens with zero attached hydrogens (tertiary/aromatic N) is 1. The molecule has 2 aromatic carbocycles. The number of nitrogens with one attached hydrogen (secondary N) is 2. The third-order valence-electron chi connectivity index (χ3n) is 3.79. The van der Waals surface area contributed by atoms with Crippen LogP contribution in [-0.2, 0) is 6.42 Å². The molecule has 0 unspecified atom stereocenters. The molecule has 2 heterocycles. The molecular formula is C16H15N3. The normalized spacial score (nSPS) is 18.4. The van der Waals surface area contributed by atoms with Gasteiger partial charge in [0.1, 0.15) is 5.82 Å². The second-order valence-electron chi connectivity index (χ2n) is 4.98. The Bertz CT molecular complexity index is 696. The second kappa shape index (κ2) is 4.21. The van der Waals surface area contributed by atoms with Crippen molar-refractivity contribution in [2.75, 3.05) is 6.54 Å². The van der Waals surface area contributed by atoms with Crippen LogP contribution >= 0.6 is 0 Å². The van der Waals surface area contributed by atoms with Gasteiger partial charge in [0.15, 0.2) is 0 Å². The number of para-hydroxylation sites is 2. The van der Waals surface area contributed by atoms with E-state index >= 15 is 0 Å². The van der Waals surface area contributed by atoms with Crippen LogP contribution in [0.4, 0.5) is 0 Å². The number of rotatable bonds is 1. The number of benzene rings is 2. The maximum atomic E-state index is 4.72. The van der Waals surface area contributed by atoms with Crippen molar-refractivity contribution >= 4 is 11.0 Å². The Hall–Kier alpha value is -2.13. The van der Waals surface area contributed by atoms with Crippen molar-refractivity contribution in [3.05, 3.63) is 65.5 Å². The lowest BCUT2D eigenvalue weighted by Crippen LogP contribution is -2.31. The number of aromatic nitrogens is 2. The Morgan fingerprint density at radius 3 is 2.79 bits per heavy atom. The first-order valence-electron chi connectivity index (χ1n) is 6.68. The van der Waals surface area contributed by atoms with Crippen LogP contribution in [0, 0.1) is 0 Å². The molecule has 4 rings (SSSR count). The van der Waals surface area contributed by atoms with Crippen LogP contribution in [0.15, 0.2) is 48.5 Å². The van der Waals surface area contributed by atoms with Crippen molar-refractivity contribution in [3.63, 3.8) is 0 Å². The standard InChI is InChI=1S/C16H15N3/c1-2-6-12-11(5-1)9-10-17-15(12)16-18-13-7-3-4-8-14(13)19-16/h1-8,15,17H,9-10H2,(H,18,19)/t15-/m1/s1. The molecule has 3 nitrogen and oxygen atoms in total. The zero-order valence-corrected chi connectivity index (χ0v) is 10.6. The molecule has 0 amide bonds. The molecule has 0 saturated heterocycles. The van der Waals surface area contributed by atoms with Crippen molar-refractivity contribution in [1.82, 2.24) is 15.3 Å². The molecule has 0 saturated carbocycles. The number of imidazole rings is 1. The van der Waals surface area contributed by atoms with Crippen LogP contribution in [0.1, 0.15) is 23.0 Å². The van der Waals surface area contributed by atoms with E-state index in [1.54, 1.807) is 0 Å². The van der Waals surface area contributed by atoms with E-state index in [2.05, 4.69) is 40.6 Å². The zero-order valence-electron chi connectivity index (χ0n) is 10.6. The van der Waals surface area contributed by atoms with Crippen molar-refractivity contribution < 1.29 is 0 Å². The van der Waals surface area contributed by atoms with Gasteiger partial charge in [0.2, 0.25) is 0 Å². The Morgan fingerprint density at radius 1 is 1.00 bits per heavy atom. The lowest BCUT2D eigenvalue weighted by molar-refractivity contribution is 0.549. The summed E-state index contributed by atoms with van der Waals surface area (Å²) in [6.45, 7) is 0.999. The van der Waals surface area contributed by atoms with Crippen LogP contribution in [0.25, 0.3) is 11.0 Å². The van der Waals surface area contributed by atoms with Gasteiger partial charge >= 0.3 is 0 Å². The summed E-state index contributed by atoms with van der Waals surface area (Å²) in [6.07, 6.45) is 1.09. The zero-order chi connectivity index (χ0) is 12.7. The summed E-state index contributed by atoms with van der Waals surface area (Å²) in [4.78, 5) is 8.15. The molecule has 94 valence electrons. The second-order valence-corrected chi connectivity index (χ2v) is 4.98. The molecular weight excluding hydrogens is 234 g/mol. The van der Waals surface area contributed by atoms with E-state index in [1.807, 2.05) is 18.2 Å². The third-order valence-corrected chi connectivity index (χ3v) is 3.79. The number of H-pyrrole nitrogens is 1. The molecule has 2 N–H and O–H groups in total. The Balaban J connectivity index is 1.85. The Morgan fingerprint density at radius 2 is 1.84 bits per heavy atom. The summed E-state index contributed by atoms with van der Waals surface area (Å²) in [7, 11) is 0. The minimum Gasteiger partial charge on any atom is -0.340 e. The fourth-order valence-electron chi connectivity index (χ4n) is 2.86. The SMILES string of the molecule is c1ccc2c(c1)CCN[C@H]2c1nc2ccccc2[nH]1. The fraction of sp³-hybridized carbons (Fsp3) is 0.188. The maximum absolute atomic E-state index is 4.72. The van der Waals surface area contributed by atoms with E-state index in [-0.39, 0.29) is 6.04 Å². The smallest absolute Gasteiger partial charge is 0.129 e. The van der Waals surface area contributed by atoms with Crippen LogP contribution in [0.5, 0.6) is 0 Å². The summed E-state index contributed by atoms with van der Waals surface area (Å²) >= 11 is 0. The molecule has 1 aliphatic heterocycles.